The first-order chi connectivity index (χ1) is 9.33. The lowest BCUT2D eigenvalue weighted by Crippen LogP contribution is -1.96. The molecular weight excluding hydrogens is 260 g/mol. The second-order valence-electron chi connectivity index (χ2n) is 3.95. The molecule has 0 aliphatic rings. The van der Waals surface area contributed by atoms with Crippen molar-refractivity contribution < 1.29 is 4.74 Å². The van der Waals surface area contributed by atoms with Gasteiger partial charge in [0.15, 0.2) is 5.82 Å². The first-order valence-electron chi connectivity index (χ1n) is 5.78. The van der Waals surface area contributed by atoms with Crippen molar-refractivity contribution >= 4 is 11.3 Å². The van der Waals surface area contributed by atoms with Gasteiger partial charge in [0.05, 0.1) is 0 Å². The molecule has 19 heavy (non-hydrogen) atoms. The van der Waals surface area contributed by atoms with Gasteiger partial charge in [-0.25, -0.2) is 14.6 Å². The highest BCUT2D eigenvalue weighted by molar-refractivity contribution is 7.09. The maximum absolute atomic E-state index is 5.66. The summed E-state index contributed by atoms with van der Waals surface area (Å²) in [4.78, 5) is 8.38. The minimum Gasteiger partial charge on any atom is -0.486 e. The summed E-state index contributed by atoms with van der Waals surface area (Å²) in [5.74, 6) is 1.66. The van der Waals surface area contributed by atoms with E-state index >= 15 is 0 Å². The Balaban J connectivity index is 1.71. The Morgan fingerprint density at radius 3 is 2.68 bits per heavy atom. The van der Waals surface area contributed by atoms with E-state index in [4.69, 9.17) is 4.74 Å². The normalized spacial score (nSPS) is 10.6. The molecule has 0 aliphatic heterocycles. The summed E-state index contributed by atoms with van der Waals surface area (Å²) in [5, 5.41) is 6.96. The highest BCUT2D eigenvalue weighted by Crippen LogP contribution is 2.20. The second kappa shape index (κ2) is 5.19. The molecule has 0 aliphatic carbocycles. The van der Waals surface area contributed by atoms with Crippen LogP contribution >= 0.6 is 11.3 Å². The third-order valence-corrected chi connectivity index (χ3v) is 3.42. The monoisotopic (exact) mass is 272 g/mol. The molecule has 96 valence electrons. The lowest BCUT2D eigenvalue weighted by molar-refractivity contribution is 0.305. The molecule has 5 nitrogen and oxygen atoms in total. The molecule has 3 aromatic rings. The van der Waals surface area contributed by atoms with Gasteiger partial charge in [-0.15, -0.1) is 11.3 Å². The summed E-state index contributed by atoms with van der Waals surface area (Å²) in [6, 6.07) is 7.80. The van der Waals surface area contributed by atoms with Gasteiger partial charge < -0.3 is 4.74 Å². The number of hydrogen-bond donors (Lipinski definition) is 0. The molecule has 0 unspecified atom stereocenters. The maximum Gasteiger partial charge on any atom is 0.157 e. The summed E-state index contributed by atoms with van der Waals surface area (Å²) in [6.45, 7) is 0.501. The Hall–Kier alpha value is -2.21. The van der Waals surface area contributed by atoms with E-state index in [9.17, 15) is 0 Å². The molecule has 2 heterocycles. The zero-order valence-electron chi connectivity index (χ0n) is 10.4. The van der Waals surface area contributed by atoms with Gasteiger partial charge in [-0.3, -0.25) is 0 Å². The smallest absolute Gasteiger partial charge is 0.157 e. The zero-order chi connectivity index (χ0) is 13.1. The number of nitrogens with zero attached hydrogens (tertiary/aromatic N) is 4. The van der Waals surface area contributed by atoms with Gasteiger partial charge in [-0.05, 0) is 24.3 Å². The van der Waals surface area contributed by atoms with Crippen molar-refractivity contribution in [2.75, 3.05) is 0 Å². The van der Waals surface area contributed by atoms with Gasteiger partial charge >= 0.3 is 0 Å². The van der Waals surface area contributed by atoms with Crippen LogP contribution in [0.2, 0.25) is 0 Å². The first kappa shape index (κ1) is 11.9. The number of benzene rings is 1. The van der Waals surface area contributed by atoms with Gasteiger partial charge in [-0.2, -0.15) is 5.10 Å². The summed E-state index contributed by atoms with van der Waals surface area (Å²) in [5.41, 5.74) is 1.02. The van der Waals surface area contributed by atoms with E-state index < -0.39 is 0 Å². The van der Waals surface area contributed by atoms with E-state index in [1.807, 2.05) is 36.7 Å². The Bertz CT molecular complexity index is 646. The Kier molecular flexibility index (Phi) is 3.24. The first-order valence-corrected chi connectivity index (χ1v) is 6.66. The van der Waals surface area contributed by atoms with E-state index in [0.29, 0.717) is 6.61 Å². The number of rotatable bonds is 4. The topological polar surface area (TPSA) is 52.8 Å². The molecule has 0 spiro atoms. The molecule has 0 bridgehead atoms. The van der Waals surface area contributed by atoms with Crippen molar-refractivity contribution in [2.45, 2.75) is 6.61 Å². The van der Waals surface area contributed by atoms with Gasteiger partial charge in [0.2, 0.25) is 0 Å². The summed E-state index contributed by atoms with van der Waals surface area (Å²) in [6.07, 6.45) is 3.32. The van der Waals surface area contributed by atoms with Crippen molar-refractivity contribution in [1.82, 2.24) is 19.7 Å². The van der Waals surface area contributed by atoms with Crippen molar-refractivity contribution in [3.63, 3.8) is 0 Å². The van der Waals surface area contributed by atoms with Crippen molar-refractivity contribution in [3.05, 3.63) is 47.2 Å². The lowest BCUT2D eigenvalue weighted by Gasteiger charge is -2.05. The van der Waals surface area contributed by atoms with Crippen molar-refractivity contribution in [2.24, 2.45) is 7.05 Å². The van der Waals surface area contributed by atoms with Gasteiger partial charge in [0, 0.05) is 24.2 Å². The second-order valence-corrected chi connectivity index (χ2v) is 4.93. The molecule has 2 aromatic heterocycles. The summed E-state index contributed by atoms with van der Waals surface area (Å²) >= 11 is 1.59. The number of aromatic nitrogens is 4. The van der Waals surface area contributed by atoms with E-state index in [1.54, 1.807) is 28.5 Å². The Labute approximate surface area is 114 Å². The van der Waals surface area contributed by atoms with E-state index in [1.165, 1.54) is 0 Å². The highest BCUT2D eigenvalue weighted by Gasteiger charge is 2.04. The van der Waals surface area contributed by atoms with Gasteiger partial charge in [0.1, 0.15) is 23.7 Å². The van der Waals surface area contributed by atoms with Crippen LogP contribution in [-0.2, 0) is 13.7 Å². The fraction of sp³-hybridized carbons (Fsp3) is 0.154. The maximum atomic E-state index is 5.66. The van der Waals surface area contributed by atoms with Crippen LogP contribution in [0.5, 0.6) is 5.75 Å². The van der Waals surface area contributed by atoms with Crippen LogP contribution in [0.3, 0.4) is 0 Å². The fourth-order valence-corrected chi connectivity index (χ4v) is 2.25. The van der Waals surface area contributed by atoms with Crippen LogP contribution in [-0.4, -0.2) is 19.7 Å². The van der Waals surface area contributed by atoms with Crippen LogP contribution in [0.25, 0.3) is 11.4 Å². The Morgan fingerprint density at radius 2 is 2.05 bits per heavy atom. The summed E-state index contributed by atoms with van der Waals surface area (Å²) in [7, 11) is 1.87. The predicted octanol–water partition coefficient (Wildman–Crippen LogP) is 2.52. The zero-order valence-corrected chi connectivity index (χ0v) is 11.2. The number of hydrogen-bond acceptors (Lipinski definition) is 5. The van der Waals surface area contributed by atoms with E-state index in [2.05, 4.69) is 15.1 Å². The van der Waals surface area contributed by atoms with Crippen LogP contribution < -0.4 is 4.74 Å². The van der Waals surface area contributed by atoms with Crippen LogP contribution in [0, 0.1) is 0 Å². The lowest BCUT2D eigenvalue weighted by atomic mass is 10.2. The SMILES string of the molecule is Cn1ncnc1-c1ccc(OCc2nccs2)cc1. The standard InChI is InChI=1S/C13H12N4OS/c1-17-13(15-9-16-17)10-2-4-11(5-3-10)18-8-12-14-6-7-19-12/h2-7,9H,8H2,1H3. The largest absolute Gasteiger partial charge is 0.486 e. The minimum atomic E-state index is 0.501. The average molecular weight is 272 g/mol. The minimum absolute atomic E-state index is 0.501. The third-order valence-electron chi connectivity index (χ3n) is 2.67. The van der Waals surface area contributed by atoms with E-state index in [0.717, 1.165) is 22.1 Å². The quantitative estimate of drug-likeness (QED) is 0.732. The molecule has 0 atom stereocenters. The van der Waals surface area contributed by atoms with Gasteiger partial charge in [0.25, 0.3) is 0 Å². The van der Waals surface area contributed by atoms with Crippen LogP contribution in [0.1, 0.15) is 5.01 Å². The third kappa shape index (κ3) is 2.63. The van der Waals surface area contributed by atoms with Crippen molar-refractivity contribution in [3.8, 4) is 17.1 Å². The van der Waals surface area contributed by atoms with Gasteiger partial charge in [-0.1, -0.05) is 0 Å². The molecule has 0 N–H and O–H groups in total. The fourth-order valence-electron chi connectivity index (χ4n) is 1.73. The molecule has 0 saturated carbocycles. The van der Waals surface area contributed by atoms with E-state index in [-0.39, 0.29) is 0 Å². The van der Waals surface area contributed by atoms with Crippen LogP contribution in [0.4, 0.5) is 0 Å². The van der Waals surface area contributed by atoms with Crippen molar-refractivity contribution in [1.29, 1.82) is 0 Å². The summed E-state index contributed by atoms with van der Waals surface area (Å²) < 4.78 is 7.40. The molecule has 1 aromatic carbocycles. The molecule has 3 rings (SSSR count). The number of aryl methyl sites for hydroxylation is 1. The molecule has 0 radical (unpaired) electrons. The number of thiazole rings is 1. The van der Waals surface area contributed by atoms with Crippen LogP contribution in [0.15, 0.2) is 42.2 Å². The molecule has 0 amide bonds. The highest BCUT2D eigenvalue weighted by atomic mass is 32.1. The molecular formula is C13H12N4OS. The average Bonchev–Trinajstić information content (AvgIpc) is 3.08. The molecule has 6 heteroatoms. The Morgan fingerprint density at radius 1 is 1.21 bits per heavy atom. The molecule has 0 fully saturated rings. The number of ether oxygens (including phenoxy) is 1. The molecule has 0 saturated heterocycles. The predicted molar refractivity (Wildman–Crippen MR) is 72.9 cm³/mol.